The van der Waals surface area contributed by atoms with Gasteiger partial charge in [-0.25, -0.2) is 4.98 Å². The Morgan fingerprint density at radius 1 is 1.59 bits per heavy atom. The molecule has 2 heterocycles. The average molecular weight is 257 g/mol. The first-order valence-corrected chi connectivity index (χ1v) is 6.20. The van der Waals surface area contributed by atoms with Gasteiger partial charge in [0, 0.05) is 13.7 Å². The number of hydrogen-bond acceptors (Lipinski definition) is 4. The van der Waals surface area contributed by atoms with Crippen molar-refractivity contribution in [3.05, 3.63) is 22.8 Å². The molecule has 0 radical (unpaired) electrons. The molecule has 1 atom stereocenters. The SMILES string of the molecule is CNc1ccc(Cl)c(COCC2CCCO2)n1. The molecule has 94 valence electrons. The largest absolute Gasteiger partial charge is 0.376 e. The number of nitrogens with zero attached hydrogens (tertiary/aromatic N) is 1. The van der Waals surface area contributed by atoms with Crippen LogP contribution in [0.4, 0.5) is 5.82 Å². The van der Waals surface area contributed by atoms with Gasteiger partial charge in [-0.2, -0.15) is 0 Å². The highest BCUT2D eigenvalue weighted by atomic mass is 35.5. The minimum Gasteiger partial charge on any atom is -0.376 e. The van der Waals surface area contributed by atoms with Gasteiger partial charge in [0.25, 0.3) is 0 Å². The Morgan fingerprint density at radius 3 is 3.18 bits per heavy atom. The van der Waals surface area contributed by atoms with Gasteiger partial charge in [0.2, 0.25) is 0 Å². The predicted octanol–water partition coefficient (Wildman–Crippen LogP) is 2.47. The summed E-state index contributed by atoms with van der Waals surface area (Å²) in [6, 6.07) is 3.66. The second-order valence-corrected chi connectivity index (χ2v) is 4.43. The fourth-order valence-electron chi connectivity index (χ4n) is 1.79. The average Bonchev–Trinajstić information content (AvgIpc) is 2.84. The second-order valence-electron chi connectivity index (χ2n) is 4.03. The van der Waals surface area contributed by atoms with Crippen molar-refractivity contribution >= 4 is 17.4 Å². The van der Waals surface area contributed by atoms with Crippen molar-refractivity contribution < 1.29 is 9.47 Å². The van der Waals surface area contributed by atoms with Gasteiger partial charge in [-0.1, -0.05) is 11.6 Å². The van der Waals surface area contributed by atoms with E-state index in [4.69, 9.17) is 21.1 Å². The monoisotopic (exact) mass is 256 g/mol. The third kappa shape index (κ3) is 3.56. The number of nitrogens with one attached hydrogen (secondary N) is 1. The van der Waals surface area contributed by atoms with Crippen LogP contribution in [-0.2, 0) is 16.1 Å². The van der Waals surface area contributed by atoms with Gasteiger partial charge >= 0.3 is 0 Å². The highest BCUT2D eigenvalue weighted by Crippen LogP contribution is 2.18. The maximum atomic E-state index is 6.05. The molecule has 1 unspecified atom stereocenters. The molecule has 1 aliphatic rings. The first kappa shape index (κ1) is 12.6. The molecule has 1 N–H and O–H groups in total. The summed E-state index contributed by atoms with van der Waals surface area (Å²) in [6.45, 7) is 1.89. The zero-order valence-corrected chi connectivity index (χ0v) is 10.7. The molecular weight excluding hydrogens is 240 g/mol. The molecule has 2 rings (SSSR count). The molecule has 5 heteroatoms. The molecule has 1 aromatic heterocycles. The smallest absolute Gasteiger partial charge is 0.126 e. The molecule has 17 heavy (non-hydrogen) atoms. The lowest BCUT2D eigenvalue weighted by Gasteiger charge is -2.11. The standard InChI is InChI=1S/C12H17ClN2O2/c1-14-12-5-4-10(13)11(15-12)8-16-7-9-3-2-6-17-9/h4-5,9H,2-3,6-8H2,1H3,(H,14,15). The lowest BCUT2D eigenvalue weighted by molar-refractivity contribution is 0.00970. The van der Waals surface area contributed by atoms with Gasteiger partial charge in [-0.3, -0.25) is 0 Å². The molecule has 0 spiro atoms. The number of hydrogen-bond donors (Lipinski definition) is 1. The van der Waals surface area contributed by atoms with Crippen molar-refractivity contribution in [1.29, 1.82) is 0 Å². The van der Waals surface area contributed by atoms with Gasteiger partial charge in [-0.05, 0) is 25.0 Å². The van der Waals surface area contributed by atoms with Crippen LogP contribution in [0.2, 0.25) is 5.02 Å². The third-order valence-corrected chi connectivity index (χ3v) is 3.09. The summed E-state index contributed by atoms with van der Waals surface area (Å²) in [5, 5.41) is 3.61. The second kappa shape index (κ2) is 6.19. The summed E-state index contributed by atoms with van der Waals surface area (Å²) >= 11 is 6.05. The topological polar surface area (TPSA) is 43.4 Å². The van der Waals surface area contributed by atoms with E-state index < -0.39 is 0 Å². The molecule has 1 aromatic rings. The Labute approximate surface area is 106 Å². The number of pyridine rings is 1. The molecule has 0 amide bonds. The van der Waals surface area contributed by atoms with Crippen LogP contribution in [0.3, 0.4) is 0 Å². The zero-order chi connectivity index (χ0) is 12.1. The van der Waals surface area contributed by atoms with Gasteiger partial charge < -0.3 is 14.8 Å². The molecule has 0 saturated carbocycles. The summed E-state index contributed by atoms with van der Waals surface area (Å²) in [5.74, 6) is 0.796. The number of anilines is 1. The molecule has 1 aliphatic heterocycles. The van der Waals surface area contributed by atoms with E-state index in [-0.39, 0.29) is 6.10 Å². The van der Waals surface area contributed by atoms with E-state index in [1.54, 1.807) is 0 Å². The van der Waals surface area contributed by atoms with Crippen molar-refractivity contribution in [3.63, 3.8) is 0 Å². The van der Waals surface area contributed by atoms with Crippen molar-refractivity contribution in [3.8, 4) is 0 Å². The van der Waals surface area contributed by atoms with Crippen molar-refractivity contribution in [1.82, 2.24) is 4.98 Å². The molecule has 0 aliphatic carbocycles. The maximum Gasteiger partial charge on any atom is 0.126 e. The summed E-state index contributed by atoms with van der Waals surface area (Å²) in [7, 11) is 1.83. The summed E-state index contributed by atoms with van der Waals surface area (Å²) in [6.07, 6.45) is 2.45. The van der Waals surface area contributed by atoms with Crippen LogP contribution < -0.4 is 5.32 Å². The van der Waals surface area contributed by atoms with E-state index >= 15 is 0 Å². The van der Waals surface area contributed by atoms with Gasteiger partial charge in [0.05, 0.1) is 30.0 Å². The number of rotatable bonds is 5. The molecule has 0 aromatic carbocycles. The lowest BCUT2D eigenvalue weighted by atomic mass is 10.2. The Kier molecular flexibility index (Phi) is 4.59. The van der Waals surface area contributed by atoms with Gasteiger partial charge in [0.15, 0.2) is 0 Å². The van der Waals surface area contributed by atoms with E-state index in [0.717, 1.165) is 31.0 Å². The van der Waals surface area contributed by atoms with Crippen LogP contribution >= 0.6 is 11.6 Å². The van der Waals surface area contributed by atoms with Crippen LogP contribution in [0.15, 0.2) is 12.1 Å². The van der Waals surface area contributed by atoms with Gasteiger partial charge in [0.1, 0.15) is 5.82 Å². The summed E-state index contributed by atoms with van der Waals surface area (Å²) in [4.78, 5) is 4.35. The third-order valence-electron chi connectivity index (χ3n) is 2.74. The normalized spacial score (nSPS) is 19.5. The van der Waals surface area contributed by atoms with E-state index in [0.29, 0.717) is 18.2 Å². The maximum absolute atomic E-state index is 6.05. The van der Waals surface area contributed by atoms with Gasteiger partial charge in [-0.15, -0.1) is 0 Å². The summed E-state index contributed by atoms with van der Waals surface area (Å²) in [5.41, 5.74) is 0.761. The fourth-order valence-corrected chi connectivity index (χ4v) is 1.95. The highest BCUT2D eigenvalue weighted by molar-refractivity contribution is 6.31. The predicted molar refractivity (Wildman–Crippen MR) is 67.4 cm³/mol. The Balaban J connectivity index is 1.84. The first-order chi connectivity index (χ1) is 8.29. The molecular formula is C12H17ClN2O2. The summed E-state index contributed by atoms with van der Waals surface area (Å²) < 4.78 is 11.1. The fraction of sp³-hybridized carbons (Fsp3) is 0.583. The van der Waals surface area contributed by atoms with E-state index in [1.165, 1.54) is 0 Å². The molecule has 1 fully saturated rings. The van der Waals surface area contributed by atoms with E-state index in [9.17, 15) is 0 Å². The quantitative estimate of drug-likeness (QED) is 0.879. The Hall–Kier alpha value is -0.840. The molecule has 1 saturated heterocycles. The Bertz CT molecular complexity index is 368. The van der Waals surface area contributed by atoms with Crippen molar-refractivity contribution in [2.24, 2.45) is 0 Å². The van der Waals surface area contributed by atoms with Crippen molar-refractivity contribution in [2.45, 2.75) is 25.6 Å². The minimum atomic E-state index is 0.237. The number of halogens is 1. The van der Waals surface area contributed by atoms with Crippen LogP contribution in [0.5, 0.6) is 0 Å². The van der Waals surface area contributed by atoms with E-state index in [1.807, 2.05) is 19.2 Å². The number of ether oxygens (including phenoxy) is 2. The van der Waals surface area contributed by atoms with Crippen LogP contribution in [0, 0.1) is 0 Å². The Morgan fingerprint density at radius 2 is 2.47 bits per heavy atom. The van der Waals surface area contributed by atoms with Crippen LogP contribution in [0.25, 0.3) is 0 Å². The lowest BCUT2D eigenvalue weighted by Crippen LogP contribution is -2.14. The molecule has 0 bridgehead atoms. The molecule has 4 nitrogen and oxygen atoms in total. The minimum absolute atomic E-state index is 0.237. The van der Waals surface area contributed by atoms with Crippen LogP contribution in [0.1, 0.15) is 18.5 Å². The number of aromatic nitrogens is 1. The highest BCUT2D eigenvalue weighted by Gasteiger charge is 2.15. The first-order valence-electron chi connectivity index (χ1n) is 5.82. The van der Waals surface area contributed by atoms with Crippen LogP contribution in [-0.4, -0.2) is 31.3 Å². The van der Waals surface area contributed by atoms with Crippen molar-refractivity contribution in [2.75, 3.05) is 25.6 Å². The zero-order valence-electron chi connectivity index (χ0n) is 9.91. The van der Waals surface area contributed by atoms with E-state index in [2.05, 4.69) is 10.3 Å².